The van der Waals surface area contributed by atoms with E-state index in [4.69, 9.17) is 0 Å². The Balaban J connectivity index is 2.11. The summed E-state index contributed by atoms with van der Waals surface area (Å²) in [4.78, 5) is 34.8. The van der Waals surface area contributed by atoms with Gasteiger partial charge in [-0.1, -0.05) is 30.3 Å². The largest absolute Gasteiger partial charge is 0.469 e. The highest BCUT2D eigenvalue weighted by Gasteiger charge is 2.31. The summed E-state index contributed by atoms with van der Waals surface area (Å²) in [5.41, 5.74) is 0.951. The van der Waals surface area contributed by atoms with E-state index < -0.39 is 23.8 Å². The molecule has 6 heteroatoms. The lowest BCUT2D eigenvalue weighted by molar-refractivity contribution is -0.144. The fourth-order valence-electron chi connectivity index (χ4n) is 1.79. The Bertz CT molecular complexity index is 566. The van der Waals surface area contributed by atoms with Crippen LogP contribution in [0.3, 0.4) is 0 Å². The topological polar surface area (TPSA) is 84.5 Å². The van der Waals surface area contributed by atoms with Gasteiger partial charge >= 0.3 is 5.97 Å². The van der Waals surface area contributed by atoms with Crippen LogP contribution < -0.4 is 10.6 Å². The van der Waals surface area contributed by atoms with Gasteiger partial charge in [-0.2, -0.15) is 0 Å². The number of hydrogen-bond donors (Lipinski definition) is 2. The molecule has 0 saturated carbocycles. The number of carbonyl (C=O) groups excluding carboxylic acids is 3. The van der Waals surface area contributed by atoms with Crippen molar-refractivity contribution in [3.8, 4) is 0 Å². The molecule has 0 spiro atoms. The Morgan fingerprint density at radius 1 is 1.30 bits per heavy atom. The van der Waals surface area contributed by atoms with Crippen molar-refractivity contribution in [2.24, 2.45) is 0 Å². The zero-order chi connectivity index (χ0) is 14.5. The molecule has 1 aliphatic heterocycles. The van der Waals surface area contributed by atoms with Crippen molar-refractivity contribution >= 4 is 23.9 Å². The number of nitrogens with one attached hydrogen (secondary N) is 2. The first-order chi connectivity index (χ1) is 9.60. The lowest BCUT2D eigenvalue weighted by Gasteiger charge is -2.24. The van der Waals surface area contributed by atoms with Gasteiger partial charge in [0, 0.05) is 0 Å². The molecule has 104 valence electrons. The van der Waals surface area contributed by atoms with Crippen LogP contribution in [0.1, 0.15) is 12.0 Å². The monoisotopic (exact) mass is 274 g/mol. The standard InChI is InChI=1S/C14H14N2O4/c1-20-12(17)8-11-14(19)15-10(13(18)16-11)7-9-5-3-2-4-6-9/h2-7,11H,8H2,1H3,(H,15,19)(H,16,18)/t11-/m0/s1. The summed E-state index contributed by atoms with van der Waals surface area (Å²) >= 11 is 0. The lowest BCUT2D eigenvalue weighted by atomic mass is 10.1. The second kappa shape index (κ2) is 6.01. The summed E-state index contributed by atoms with van der Waals surface area (Å²) < 4.78 is 4.47. The zero-order valence-corrected chi connectivity index (χ0v) is 10.9. The summed E-state index contributed by atoms with van der Waals surface area (Å²) in [7, 11) is 1.23. The number of ether oxygens (including phenoxy) is 1. The van der Waals surface area contributed by atoms with Crippen LogP contribution in [0.2, 0.25) is 0 Å². The number of carbonyl (C=O) groups is 3. The quantitative estimate of drug-likeness (QED) is 0.609. The molecular formula is C14H14N2O4. The normalized spacial score (nSPS) is 20.2. The SMILES string of the molecule is COC(=O)C[C@@H]1NC(=O)C(=Cc2ccccc2)NC1=O. The predicted molar refractivity (Wildman–Crippen MR) is 71.1 cm³/mol. The molecule has 6 nitrogen and oxygen atoms in total. The van der Waals surface area contributed by atoms with Crippen molar-refractivity contribution in [2.75, 3.05) is 7.11 Å². The molecule has 0 aromatic heterocycles. The molecule has 1 aliphatic rings. The minimum Gasteiger partial charge on any atom is -0.469 e. The van der Waals surface area contributed by atoms with Crippen molar-refractivity contribution in [3.63, 3.8) is 0 Å². The number of piperazine rings is 1. The van der Waals surface area contributed by atoms with E-state index in [1.165, 1.54) is 7.11 Å². The third-order valence-corrected chi connectivity index (χ3v) is 2.83. The molecule has 0 aliphatic carbocycles. The molecule has 1 aromatic carbocycles. The highest BCUT2D eigenvalue weighted by Crippen LogP contribution is 2.09. The fraction of sp³-hybridized carbons (Fsp3) is 0.214. The van der Waals surface area contributed by atoms with Crippen LogP contribution in [0.5, 0.6) is 0 Å². The van der Waals surface area contributed by atoms with Gasteiger partial charge in [-0.25, -0.2) is 0 Å². The van der Waals surface area contributed by atoms with Crippen molar-refractivity contribution in [3.05, 3.63) is 41.6 Å². The molecule has 2 amide bonds. The van der Waals surface area contributed by atoms with Gasteiger partial charge in [-0.3, -0.25) is 14.4 Å². The molecule has 0 unspecified atom stereocenters. The number of amides is 2. The van der Waals surface area contributed by atoms with E-state index in [9.17, 15) is 14.4 Å². The molecule has 1 aromatic rings. The Morgan fingerprint density at radius 2 is 2.00 bits per heavy atom. The fourth-order valence-corrected chi connectivity index (χ4v) is 1.79. The van der Waals surface area contributed by atoms with Gasteiger partial charge in [0.2, 0.25) is 5.91 Å². The Hall–Kier alpha value is -2.63. The van der Waals surface area contributed by atoms with Crippen LogP contribution in [0.15, 0.2) is 36.0 Å². The highest BCUT2D eigenvalue weighted by atomic mass is 16.5. The number of methoxy groups -OCH3 is 1. The molecule has 1 heterocycles. The predicted octanol–water partition coefficient (Wildman–Crippen LogP) is 0.205. The lowest BCUT2D eigenvalue weighted by Crippen LogP contribution is -2.55. The average molecular weight is 274 g/mol. The minimum atomic E-state index is -0.900. The van der Waals surface area contributed by atoms with Crippen LogP contribution in [-0.4, -0.2) is 30.9 Å². The summed E-state index contributed by atoms with van der Waals surface area (Å²) in [5.74, 6) is -1.42. The maximum absolute atomic E-state index is 11.9. The smallest absolute Gasteiger partial charge is 0.308 e. The maximum atomic E-state index is 11.9. The molecule has 2 N–H and O–H groups in total. The first-order valence-corrected chi connectivity index (χ1v) is 6.05. The van der Waals surface area contributed by atoms with Crippen molar-refractivity contribution < 1.29 is 19.1 Å². The Morgan fingerprint density at radius 3 is 2.65 bits per heavy atom. The second-order valence-electron chi connectivity index (χ2n) is 4.26. The number of hydrogen-bond acceptors (Lipinski definition) is 4. The average Bonchev–Trinajstić information content (AvgIpc) is 2.45. The van der Waals surface area contributed by atoms with Crippen LogP contribution in [0.4, 0.5) is 0 Å². The summed E-state index contributed by atoms with van der Waals surface area (Å²) in [6.45, 7) is 0. The first-order valence-electron chi connectivity index (χ1n) is 6.05. The third kappa shape index (κ3) is 3.23. The van der Waals surface area contributed by atoms with Gasteiger partial charge in [-0.05, 0) is 11.6 Å². The van der Waals surface area contributed by atoms with E-state index in [1.807, 2.05) is 30.3 Å². The number of esters is 1. The van der Waals surface area contributed by atoms with Crippen molar-refractivity contribution in [1.29, 1.82) is 0 Å². The summed E-state index contributed by atoms with van der Waals surface area (Å²) in [5, 5.41) is 4.98. The summed E-state index contributed by atoms with van der Waals surface area (Å²) in [6.07, 6.45) is 1.38. The van der Waals surface area contributed by atoms with E-state index in [-0.39, 0.29) is 12.1 Å². The molecule has 2 rings (SSSR count). The van der Waals surface area contributed by atoms with Crippen LogP contribution in [-0.2, 0) is 19.1 Å². The Labute approximate surface area is 115 Å². The van der Waals surface area contributed by atoms with E-state index in [0.29, 0.717) is 0 Å². The third-order valence-electron chi connectivity index (χ3n) is 2.83. The summed E-state index contributed by atoms with van der Waals surface area (Å²) in [6, 6.07) is 8.24. The zero-order valence-electron chi connectivity index (χ0n) is 10.9. The van der Waals surface area contributed by atoms with E-state index in [2.05, 4.69) is 15.4 Å². The molecule has 0 bridgehead atoms. The van der Waals surface area contributed by atoms with E-state index >= 15 is 0 Å². The van der Waals surface area contributed by atoms with Gasteiger partial charge in [0.25, 0.3) is 5.91 Å². The molecule has 0 radical (unpaired) electrons. The number of benzene rings is 1. The highest BCUT2D eigenvalue weighted by molar-refractivity contribution is 6.08. The number of rotatable bonds is 3. The van der Waals surface area contributed by atoms with Crippen LogP contribution >= 0.6 is 0 Å². The maximum Gasteiger partial charge on any atom is 0.308 e. The Kier molecular flexibility index (Phi) is 4.14. The van der Waals surface area contributed by atoms with Crippen molar-refractivity contribution in [1.82, 2.24) is 10.6 Å². The van der Waals surface area contributed by atoms with Gasteiger partial charge < -0.3 is 15.4 Å². The second-order valence-corrected chi connectivity index (χ2v) is 4.26. The molecule has 1 fully saturated rings. The molecule has 1 saturated heterocycles. The van der Waals surface area contributed by atoms with Crippen molar-refractivity contribution in [2.45, 2.75) is 12.5 Å². The van der Waals surface area contributed by atoms with E-state index in [0.717, 1.165) is 5.56 Å². The molecule has 1 atom stereocenters. The molecular weight excluding hydrogens is 260 g/mol. The van der Waals surface area contributed by atoms with Gasteiger partial charge in [-0.15, -0.1) is 0 Å². The van der Waals surface area contributed by atoms with Gasteiger partial charge in [0.05, 0.1) is 13.5 Å². The van der Waals surface area contributed by atoms with Gasteiger partial charge in [0.15, 0.2) is 0 Å². The molecule has 20 heavy (non-hydrogen) atoms. The van der Waals surface area contributed by atoms with E-state index in [1.54, 1.807) is 6.08 Å². The first kappa shape index (κ1) is 13.8. The van der Waals surface area contributed by atoms with Crippen LogP contribution in [0, 0.1) is 0 Å². The minimum absolute atomic E-state index is 0.155. The van der Waals surface area contributed by atoms with Gasteiger partial charge in [0.1, 0.15) is 11.7 Å². The van der Waals surface area contributed by atoms with Crippen LogP contribution in [0.25, 0.3) is 6.08 Å².